The van der Waals surface area contributed by atoms with Gasteiger partial charge in [-0.2, -0.15) is 0 Å². The van der Waals surface area contributed by atoms with Crippen molar-refractivity contribution in [1.29, 1.82) is 0 Å². The second-order valence-corrected chi connectivity index (χ2v) is 6.16. The number of rotatable bonds is 2. The molecule has 4 heteroatoms. The molecule has 2 rings (SSSR count). The zero-order chi connectivity index (χ0) is 13.3. The van der Waals surface area contributed by atoms with Crippen LogP contribution in [0, 0.1) is 0 Å². The van der Waals surface area contributed by atoms with E-state index in [1.807, 2.05) is 20.8 Å². The summed E-state index contributed by atoms with van der Waals surface area (Å²) in [6, 6.07) is 0. The van der Waals surface area contributed by atoms with Gasteiger partial charge in [-0.25, -0.2) is 4.79 Å². The van der Waals surface area contributed by atoms with Gasteiger partial charge in [0.25, 0.3) is 0 Å². The molecular weight excluding hydrogens is 230 g/mol. The molecule has 0 unspecified atom stereocenters. The van der Waals surface area contributed by atoms with Gasteiger partial charge in [-0.3, -0.25) is 0 Å². The van der Waals surface area contributed by atoms with Gasteiger partial charge in [0.05, 0.1) is 0 Å². The summed E-state index contributed by atoms with van der Waals surface area (Å²) in [6.07, 6.45) is 5.60. The van der Waals surface area contributed by atoms with Crippen LogP contribution in [0.25, 0.3) is 0 Å². The third kappa shape index (κ3) is 2.42. The van der Waals surface area contributed by atoms with E-state index in [1.54, 1.807) is 0 Å². The normalized spacial score (nSPS) is 17.9. The average Bonchev–Trinajstić information content (AvgIpc) is 2.74. The van der Waals surface area contributed by atoms with Gasteiger partial charge in [0, 0.05) is 11.3 Å². The van der Waals surface area contributed by atoms with Crippen molar-refractivity contribution in [2.75, 3.05) is 0 Å². The molecule has 4 nitrogen and oxygen atoms in total. The summed E-state index contributed by atoms with van der Waals surface area (Å²) in [5.41, 5.74) is 0.634. The molecule has 1 fully saturated rings. The number of carboxylic acids is 1. The predicted molar refractivity (Wildman–Crippen MR) is 68.0 cm³/mol. The highest BCUT2D eigenvalue weighted by Crippen LogP contribution is 2.37. The van der Waals surface area contributed by atoms with E-state index in [9.17, 15) is 9.90 Å². The Morgan fingerprint density at radius 3 is 2.39 bits per heavy atom. The fraction of sp³-hybridized carbons (Fsp3) is 0.714. The van der Waals surface area contributed by atoms with Crippen LogP contribution in [-0.4, -0.2) is 16.2 Å². The van der Waals surface area contributed by atoms with Crippen molar-refractivity contribution in [3.8, 4) is 0 Å². The fourth-order valence-electron chi connectivity index (χ4n) is 2.68. The Labute approximate surface area is 107 Å². The van der Waals surface area contributed by atoms with Crippen LogP contribution in [0.1, 0.15) is 80.6 Å². The standard InChI is InChI=1S/C14H21NO3/c1-14(2,3)12-10(13(16)17)11(15-18-12)9-7-5-4-6-8-9/h9H,4-8H2,1-3H3,(H,16,17). The molecule has 1 aromatic rings. The van der Waals surface area contributed by atoms with Crippen molar-refractivity contribution < 1.29 is 14.4 Å². The van der Waals surface area contributed by atoms with Crippen molar-refractivity contribution in [3.05, 3.63) is 17.0 Å². The first-order valence-corrected chi connectivity index (χ1v) is 6.64. The van der Waals surface area contributed by atoms with E-state index in [0.29, 0.717) is 17.0 Å². The second kappa shape index (κ2) is 4.75. The fourth-order valence-corrected chi connectivity index (χ4v) is 2.68. The van der Waals surface area contributed by atoms with E-state index in [2.05, 4.69) is 5.16 Å². The van der Waals surface area contributed by atoms with Gasteiger partial charge in [0.2, 0.25) is 0 Å². The molecule has 1 aliphatic carbocycles. The van der Waals surface area contributed by atoms with Crippen LogP contribution in [0.4, 0.5) is 0 Å². The molecule has 0 spiro atoms. The Bertz CT molecular complexity index is 436. The highest BCUT2D eigenvalue weighted by molar-refractivity contribution is 5.90. The van der Waals surface area contributed by atoms with E-state index >= 15 is 0 Å². The van der Waals surface area contributed by atoms with Gasteiger partial charge < -0.3 is 9.63 Å². The lowest BCUT2D eigenvalue weighted by Crippen LogP contribution is -2.17. The Morgan fingerprint density at radius 1 is 1.28 bits per heavy atom. The van der Waals surface area contributed by atoms with E-state index < -0.39 is 5.97 Å². The maximum absolute atomic E-state index is 11.5. The number of nitrogens with zero attached hydrogens (tertiary/aromatic N) is 1. The molecular formula is C14H21NO3. The molecule has 0 saturated heterocycles. The van der Waals surface area contributed by atoms with Crippen LogP contribution in [0.3, 0.4) is 0 Å². The molecule has 1 aromatic heterocycles. The number of aromatic carboxylic acids is 1. The topological polar surface area (TPSA) is 63.3 Å². The second-order valence-electron chi connectivity index (χ2n) is 6.16. The molecule has 100 valence electrons. The minimum Gasteiger partial charge on any atom is -0.477 e. The Balaban J connectivity index is 2.42. The van der Waals surface area contributed by atoms with Crippen molar-refractivity contribution in [3.63, 3.8) is 0 Å². The molecule has 0 aromatic carbocycles. The first kappa shape index (κ1) is 13.1. The van der Waals surface area contributed by atoms with Crippen LogP contribution in [0.15, 0.2) is 4.52 Å². The quantitative estimate of drug-likeness (QED) is 0.870. The average molecular weight is 251 g/mol. The molecule has 1 heterocycles. The number of carboxylic acid groups (broad SMARTS) is 1. The lowest BCUT2D eigenvalue weighted by molar-refractivity contribution is 0.0690. The third-order valence-electron chi connectivity index (χ3n) is 3.61. The lowest BCUT2D eigenvalue weighted by atomic mass is 9.82. The molecule has 18 heavy (non-hydrogen) atoms. The van der Waals surface area contributed by atoms with E-state index in [0.717, 1.165) is 25.7 Å². The minimum absolute atomic E-state index is 0.254. The number of hydrogen-bond acceptors (Lipinski definition) is 3. The largest absolute Gasteiger partial charge is 0.477 e. The number of hydrogen-bond donors (Lipinski definition) is 1. The Kier molecular flexibility index (Phi) is 3.46. The zero-order valence-corrected chi connectivity index (χ0v) is 11.3. The number of carbonyl (C=O) groups is 1. The van der Waals surface area contributed by atoms with Gasteiger partial charge in [-0.15, -0.1) is 0 Å². The summed E-state index contributed by atoms with van der Waals surface area (Å²) in [7, 11) is 0. The summed E-state index contributed by atoms with van der Waals surface area (Å²) in [6.45, 7) is 5.85. The molecule has 1 aliphatic rings. The third-order valence-corrected chi connectivity index (χ3v) is 3.61. The van der Waals surface area contributed by atoms with Crippen LogP contribution in [-0.2, 0) is 5.41 Å². The van der Waals surface area contributed by atoms with Gasteiger partial charge in [0.1, 0.15) is 11.3 Å². The molecule has 1 saturated carbocycles. The van der Waals surface area contributed by atoms with E-state index in [4.69, 9.17) is 4.52 Å². The lowest BCUT2D eigenvalue weighted by Gasteiger charge is -2.20. The first-order valence-electron chi connectivity index (χ1n) is 6.64. The van der Waals surface area contributed by atoms with Gasteiger partial charge in [0.15, 0.2) is 5.76 Å². The Hall–Kier alpha value is -1.32. The molecule has 0 atom stereocenters. The van der Waals surface area contributed by atoms with Crippen molar-refractivity contribution in [2.24, 2.45) is 0 Å². The monoisotopic (exact) mass is 251 g/mol. The van der Waals surface area contributed by atoms with Crippen LogP contribution < -0.4 is 0 Å². The van der Waals surface area contributed by atoms with Crippen molar-refractivity contribution in [2.45, 2.75) is 64.2 Å². The molecule has 0 radical (unpaired) electrons. The maximum atomic E-state index is 11.5. The van der Waals surface area contributed by atoms with Crippen LogP contribution >= 0.6 is 0 Å². The van der Waals surface area contributed by atoms with Gasteiger partial charge in [-0.1, -0.05) is 45.2 Å². The molecule has 0 amide bonds. The van der Waals surface area contributed by atoms with E-state index in [1.165, 1.54) is 6.42 Å². The number of aromatic nitrogens is 1. The molecule has 1 N–H and O–H groups in total. The summed E-state index contributed by atoms with van der Waals surface area (Å²) in [5.74, 6) is -0.165. The summed E-state index contributed by atoms with van der Waals surface area (Å²) >= 11 is 0. The van der Waals surface area contributed by atoms with Gasteiger partial charge in [-0.05, 0) is 12.8 Å². The first-order chi connectivity index (χ1) is 8.41. The van der Waals surface area contributed by atoms with Crippen molar-refractivity contribution >= 4 is 5.97 Å². The predicted octanol–water partition coefficient (Wildman–Crippen LogP) is 3.72. The molecule has 0 bridgehead atoms. The highest BCUT2D eigenvalue weighted by atomic mass is 16.5. The highest BCUT2D eigenvalue weighted by Gasteiger charge is 2.33. The smallest absolute Gasteiger partial charge is 0.341 e. The maximum Gasteiger partial charge on any atom is 0.341 e. The van der Waals surface area contributed by atoms with Crippen LogP contribution in [0.2, 0.25) is 0 Å². The van der Waals surface area contributed by atoms with Gasteiger partial charge >= 0.3 is 5.97 Å². The zero-order valence-electron chi connectivity index (χ0n) is 11.3. The van der Waals surface area contributed by atoms with Crippen molar-refractivity contribution in [1.82, 2.24) is 5.16 Å². The SMILES string of the molecule is CC(C)(C)c1onc(C2CCCCC2)c1C(=O)O. The summed E-state index contributed by atoms with van der Waals surface area (Å²) in [4.78, 5) is 11.5. The molecule has 0 aliphatic heterocycles. The summed E-state index contributed by atoms with van der Waals surface area (Å²) < 4.78 is 5.34. The minimum atomic E-state index is -0.915. The van der Waals surface area contributed by atoms with Crippen LogP contribution in [0.5, 0.6) is 0 Å². The van der Waals surface area contributed by atoms with E-state index in [-0.39, 0.29) is 11.3 Å². The summed E-state index contributed by atoms with van der Waals surface area (Å²) in [5, 5.41) is 13.5. The Morgan fingerprint density at radius 2 is 1.89 bits per heavy atom.